The maximum atomic E-state index is 1.69. The molecular weight excluding hydrogens is 144 g/mol. The van der Waals surface area contributed by atoms with Gasteiger partial charge in [-0.2, -0.15) is 0 Å². The number of rotatable bonds is 0. The van der Waals surface area contributed by atoms with Crippen LogP contribution in [-0.4, -0.2) is 0 Å². The van der Waals surface area contributed by atoms with Gasteiger partial charge in [0, 0.05) is 0 Å². The molecule has 0 saturated heterocycles. The van der Waals surface area contributed by atoms with Crippen LogP contribution in [0.5, 0.6) is 0 Å². The maximum Gasteiger partial charge on any atom is -0.0204 e. The highest BCUT2D eigenvalue weighted by molar-refractivity contribution is 5.31. The normalized spacial score (nSPS) is 72.0. The molecule has 0 aromatic carbocycles. The summed E-state index contributed by atoms with van der Waals surface area (Å²) in [5, 5.41) is 0. The van der Waals surface area contributed by atoms with Gasteiger partial charge >= 0.3 is 0 Å². The molecule has 5 aliphatic carbocycles. The Hall–Kier alpha value is 0. The molecule has 5 atom stereocenters. The molecular formula is C12H16. The molecule has 5 rings (SSSR count). The van der Waals surface area contributed by atoms with E-state index in [2.05, 4.69) is 0 Å². The Morgan fingerprint density at radius 3 is 2.25 bits per heavy atom. The first-order valence-electron chi connectivity index (χ1n) is 5.86. The zero-order valence-corrected chi connectivity index (χ0v) is 7.55. The van der Waals surface area contributed by atoms with Crippen LogP contribution in [0.4, 0.5) is 0 Å². The van der Waals surface area contributed by atoms with Crippen molar-refractivity contribution in [3.8, 4) is 0 Å². The smallest absolute Gasteiger partial charge is 0.0204 e. The maximum absolute atomic E-state index is 1.69. The van der Waals surface area contributed by atoms with Gasteiger partial charge in [-0.1, -0.05) is 0 Å². The molecule has 0 aromatic heterocycles. The minimum absolute atomic E-state index is 0.980. The second-order valence-electron chi connectivity index (χ2n) is 6.40. The van der Waals surface area contributed by atoms with Crippen LogP contribution in [0.3, 0.4) is 0 Å². The summed E-state index contributed by atoms with van der Waals surface area (Å²) in [4.78, 5) is 0. The van der Waals surface area contributed by atoms with Crippen molar-refractivity contribution in [2.75, 3.05) is 0 Å². The van der Waals surface area contributed by atoms with Crippen LogP contribution in [0.2, 0.25) is 0 Å². The van der Waals surface area contributed by atoms with Gasteiger partial charge in [-0.25, -0.2) is 0 Å². The van der Waals surface area contributed by atoms with E-state index in [9.17, 15) is 0 Å². The molecule has 5 unspecified atom stereocenters. The molecule has 0 heteroatoms. The minimum Gasteiger partial charge on any atom is -0.0465 e. The van der Waals surface area contributed by atoms with Gasteiger partial charge in [0.25, 0.3) is 0 Å². The van der Waals surface area contributed by atoms with E-state index in [1.54, 1.807) is 38.5 Å². The van der Waals surface area contributed by atoms with Crippen LogP contribution in [0.15, 0.2) is 0 Å². The average Bonchev–Trinajstić information content (AvgIpc) is 2.66. The highest BCUT2D eigenvalue weighted by Crippen LogP contribution is 2.90. The van der Waals surface area contributed by atoms with Gasteiger partial charge in [0.1, 0.15) is 0 Å². The zero-order chi connectivity index (χ0) is 7.55. The third-order valence-electron chi connectivity index (χ3n) is 6.76. The van der Waals surface area contributed by atoms with Gasteiger partial charge in [0.05, 0.1) is 0 Å². The molecule has 5 saturated carbocycles. The first kappa shape index (κ1) is 5.67. The minimum atomic E-state index is 0.980. The molecule has 0 amide bonds. The molecule has 0 radical (unpaired) electrons. The summed E-state index contributed by atoms with van der Waals surface area (Å²) in [7, 11) is 0. The fourth-order valence-corrected chi connectivity index (χ4v) is 6.22. The van der Waals surface area contributed by atoms with E-state index in [0.29, 0.717) is 0 Å². The summed E-state index contributed by atoms with van der Waals surface area (Å²) in [6.45, 7) is 0. The van der Waals surface area contributed by atoms with Gasteiger partial charge in [0.2, 0.25) is 0 Å². The van der Waals surface area contributed by atoms with Gasteiger partial charge in [-0.15, -0.1) is 0 Å². The van der Waals surface area contributed by atoms with E-state index >= 15 is 0 Å². The van der Waals surface area contributed by atoms with Crippen molar-refractivity contribution in [1.29, 1.82) is 0 Å². The van der Waals surface area contributed by atoms with Crippen molar-refractivity contribution in [3.63, 3.8) is 0 Å². The fraction of sp³-hybridized carbons (Fsp3) is 1.00. The molecule has 64 valence electrons. The lowest BCUT2D eigenvalue weighted by atomic mass is 9.36. The van der Waals surface area contributed by atoms with Gasteiger partial charge in [-0.3, -0.25) is 0 Å². The molecule has 12 heavy (non-hydrogen) atoms. The third-order valence-corrected chi connectivity index (χ3v) is 6.76. The number of hydrogen-bond acceptors (Lipinski definition) is 0. The largest absolute Gasteiger partial charge is 0.0465 e. The van der Waals surface area contributed by atoms with Crippen molar-refractivity contribution >= 4 is 0 Å². The Morgan fingerprint density at radius 2 is 1.58 bits per heavy atom. The van der Waals surface area contributed by atoms with Gasteiger partial charge in [-0.05, 0) is 73.0 Å². The van der Waals surface area contributed by atoms with E-state index in [0.717, 1.165) is 10.8 Å². The van der Waals surface area contributed by atoms with Gasteiger partial charge < -0.3 is 0 Å². The fourth-order valence-electron chi connectivity index (χ4n) is 6.22. The summed E-state index contributed by atoms with van der Waals surface area (Å²) in [6.07, 6.45) is 9.91. The van der Waals surface area contributed by atoms with E-state index in [1.165, 1.54) is 23.7 Å². The standard InChI is InChI=1S/C12H16/c1-2-11(1)9-4-7-3-8-5-10(11)12(7,8)6-9/h7-10H,1-6H2. The Balaban J connectivity index is 1.76. The SMILES string of the molecule is C1C2CC34C1CC3CC4C21CC1. The van der Waals surface area contributed by atoms with Gasteiger partial charge in [0.15, 0.2) is 0 Å². The summed E-state index contributed by atoms with van der Waals surface area (Å²) >= 11 is 0. The van der Waals surface area contributed by atoms with E-state index < -0.39 is 0 Å². The van der Waals surface area contributed by atoms with Crippen LogP contribution < -0.4 is 0 Å². The predicted molar refractivity (Wildman–Crippen MR) is 46.5 cm³/mol. The second-order valence-corrected chi connectivity index (χ2v) is 6.40. The Morgan fingerprint density at radius 1 is 0.833 bits per heavy atom. The van der Waals surface area contributed by atoms with E-state index in [1.807, 2.05) is 0 Å². The summed E-state index contributed by atoms with van der Waals surface area (Å²) in [5.41, 5.74) is 1.98. The number of fused-ring (bicyclic) bond motifs is 3. The molecule has 0 aliphatic heterocycles. The third kappa shape index (κ3) is 0.300. The van der Waals surface area contributed by atoms with Crippen molar-refractivity contribution in [3.05, 3.63) is 0 Å². The Bertz CT molecular complexity index is 288. The Labute approximate surface area is 73.7 Å². The average molecular weight is 160 g/mol. The molecule has 0 heterocycles. The predicted octanol–water partition coefficient (Wildman–Crippen LogP) is 2.83. The van der Waals surface area contributed by atoms with Crippen LogP contribution >= 0.6 is 0 Å². The quantitative estimate of drug-likeness (QED) is 0.511. The molecule has 2 spiro atoms. The lowest BCUT2D eigenvalue weighted by Crippen LogP contribution is -2.61. The molecule has 5 aliphatic rings. The molecule has 2 bridgehead atoms. The first-order chi connectivity index (χ1) is 5.86. The van der Waals surface area contributed by atoms with Crippen LogP contribution in [0, 0.1) is 34.5 Å². The molecule has 0 aromatic rings. The molecule has 0 N–H and O–H groups in total. The Kier molecular flexibility index (Phi) is 0.578. The lowest BCUT2D eigenvalue weighted by Gasteiger charge is -2.68. The van der Waals surface area contributed by atoms with E-state index in [4.69, 9.17) is 0 Å². The monoisotopic (exact) mass is 160 g/mol. The van der Waals surface area contributed by atoms with Crippen LogP contribution in [0.25, 0.3) is 0 Å². The van der Waals surface area contributed by atoms with E-state index in [-0.39, 0.29) is 0 Å². The van der Waals surface area contributed by atoms with Crippen molar-refractivity contribution in [1.82, 2.24) is 0 Å². The summed E-state index contributed by atoms with van der Waals surface area (Å²) < 4.78 is 0. The second kappa shape index (κ2) is 1.22. The van der Waals surface area contributed by atoms with Crippen LogP contribution in [0.1, 0.15) is 38.5 Å². The van der Waals surface area contributed by atoms with Crippen molar-refractivity contribution in [2.45, 2.75) is 38.5 Å². The number of hydrogen-bond donors (Lipinski definition) is 0. The summed E-state index contributed by atoms with van der Waals surface area (Å²) in [6, 6.07) is 0. The molecule has 0 nitrogen and oxygen atoms in total. The van der Waals surface area contributed by atoms with Crippen molar-refractivity contribution in [2.24, 2.45) is 34.5 Å². The zero-order valence-electron chi connectivity index (χ0n) is 7.55. The topological polar surface area (TPSA) is 0 Å². The lowest BCUT2D eigenvalue weighted by molar-refractivity contribution is -0.198. The summed E-state index contributed by atoms with van der Waals surface area (Å²) in [5.74, 6) is 4.95. The molecule has 5 fully saturated rings. The van der Waals surface area contributed by atoms with Crippen LogP contribution in [-0.2, 0) is 0 Å². The van der Waals surface area contributed by atoms with Crippen molar-refractivity contribution < 1.29 is 0 Å². The first-order valence-corrected chi connectivity index (χ1v) is 5.86. The highest BCUT2D eigenvalue weighted by Gasteiger charge is 2.82. The highest BCUT2D eigenvalue weighted by atomic mass is 14.9.